The van der Waals surface area contributed by atoms with Crippen LogP contribution in [0.1, 0.15) is 47.0 Å². The standard InChI is InChI=1S/C11H22/c1-5-7-11(6-2)9-8-10(3)4/h8-11H,5-7H2,1-4H3/b9-8+. The first-order chi connectivity index (χ1) is 5.20. The highest BCUT2D eigenvalue weighted by molar-refractivity contribution is 4.89. The maximum Gasteiger partial charge on any atom is -0.0236 e. The summed E-state index contributed by atoms with van der Waals surface area (Å²) in [6.45, 7) is 8.99. The van der Waals surface area contributed by atoms with Crippen molar-refractivity contribution >= 4 is 0 Å². The fourth-order valence-electron chi connectivity index (χ4n) is 1.19. The summed E-state index contributed by atoms with van der Waals surface area (Å²) in [6, 6.07) is 0. The monoisotopic (exact) mass is 154 g/mol. The van der Waals surface area contributed by atoms with E-state index in [9.17, 15) is 0 Å². The van der Waals surface area contributed by atoms with Crippen LogP contribution in [0.2, 0.25) is 0 Å². The Balaban J connectivity index is 3.66. The first-order valence-electron chi connectivity index (χ1n) is 4.89. The van der Waals surface area contributed by atoms with Crippen LogP contribution in [-0.2, 0) is 0 Å². The highest BCUT2D eigenvalue weighted by atomic mass is 14.0. The minimum Gasteiger partial charge on any atom is -0.0857 e. The molecule has 0 aromatic heterocycles. The van der Waals surface area contributed by atoms with Gasteiger partial charge >= 0.3 is 0 Å². The highest BCUT2D eigenvalue weighted by Crippen LogP contribution is 2.13. The Kier molecular flexibility index (Phi) is 6.30. The zero-order chi connectivity index (χ0) is 8.69. The van der Waals surface area contributed by atoms with Gasteiger partial charge in [-0.25, -0.2) is 0 Å². The third-order valence-corrected chi connectivity index (χ3v) is 1.95. The van der Waals surface area contributed by atoms with Crippen molar-refractivity contribution < 1.29 is 0 Å². The van der Waals surface area contributed by atoms with Crippen LogP contribution in [0.3, 0.4) is 0 Å². The van der Waals surface area contributed by atoms with Crippen molar-refractivity contribution in [3.63, 3.8) is 0 Å². The summed E-state index contributed by atoms with van der Waals surface area (Å²) < 4.78 is 0. The van der Waals surface area contributed by atoms with Gasteiger partial charge in [-0.1, -0.05) is 46.3 Å². The first-order valence-corrected chi connectivity index (χ1v) is 4.89. The van der Waals surface area contributed by atoms with Crippen LogP contribution in [0.4, 0.5) is 0 Å². The van der Waals surface area contributed by atoms with E-state index in [1.165, 1.54) is 19.3 Å². The van der Waals surface area contributed by atoms with Crippen molar-refractivity contribution in [3.8, 4) is 0 Å². The predicted octanol–water partition coefficient (Wildman–Crippen LogP) is 4.02. The summed E-state index contributed by atoms with van der Waals surface area (Å²) in [5.74, 6) is 1.53. The average Bonchev–Trinajstić information content (AvgIpc) is 1.97. The molecule has 0 nitrogen and oxygen atoms in total. The number of hydrogen-bond acceptors (Lipinski definition) is 0. The lowest BCUT2D eigenvalue weighted by Gasteiger charge is -2.07. The summed E-state index contributed by atoms with van der Waals surface area (Å²) in [5, 5.41) is 0. The second kappa shape index (κ2) is 6.45. The Morgan fingerprint density at radius 3 is 2.09 bits per heavy atom. The zero-order valence-corrected chi connectivity index (χ0v) is 8.43. The normalized spacial score (nSPS) is 14.6. The Morgan fingerprint density at radius 1 is 1.09 bits per heavy atom. The molecule has 0 saturated heterocycles. The quantitative estimate of drug-likeness (QED) is 0.524. The highest BCUT2D eigenvalue weighted by Gasteiger charge is 1.98. The maximum atomic E-state index is 2.38. The molecule has 0 N–H and O–H groups in total. The van der Waals surface area contributed by atoms with Gasteiger partial charge in [-0.15, -0.1) is 0 Å². The van der Waals surface area contributed by atoms with Crippen molar-refractivity contribution in [3.05, 3.63) is 12.2 Å². The molecule has 0 aliphatic heterocycles. The fraction of sp³-hybridized carbons (Fsp3) is 0.818. The molecular weight excluding hydrogens is 132 g/mol. The largest absolute Gasteiger partial charge is 0.0857 e. The summed E-state index contributed by atoms with van der Waals surface area (Å²) in [4.78, 5) is 0. The molecule has 0 fully saturated rings. The fourth-order valence-corrected chi connectivity index (χ4v) is 1.19. The van der Waals surface area contributed by atoms with Crippen LogP contribution in [0.5, 0.6) is 0 Å². The van der Waals surface area contributed by atoms with Crippen LogP contribution in [0, 0.1) is 11.8 Å². The van der Waals surface area contributed by atoms with E-state index in [0.717, 1.165) is 5.92 Å². The van der Waals surface area contributed by atoms with Crippen LogP contribution in [0.25, 0.3) is 0 Å². The second-order valence-corrected chi connectivity index (χ2v) is 3.59. The van der Waals surface area contributed by atoms with Crippen molar-refractivity contribution in [1.82, 2.24) is 0 Å². The molecule has 0 aromatic carbocycles. The summed E-state index contributed by atoms with van der Waals surface area (Å²) in [5.41, 5.74) is 0. The van der Waals surface area contributed by atoms with E-state index in [1.807, 2.05) is 0 Å². The SMILES string of the molecule is CCCC(/C=C/C(C)C)CC. The molecule has 0 bridgehead atoms. The molecule has 0 heteroatoms. The van der Waals surface area contributed by atoms with Gasteiger partial charge in [-0.2, -0.15) is 0 Å². The molecule has 11 heavy (non-hydrogen) atoms. The molecule has 0 saturated carbocycles. The molecule has 0 amide bonds. The van der Waals surface area contributed by atoms with Gasteiger partial charge in [0.05, 0.1) is 0 Å². The lowest BCUT2D eigenvalue weighted by atomic mass is 9.99. The minimum absolute atomic E-state index is 0.709. The van der Waals surface area contributed by atoms with E-state index in [4.69, 9.17) is 0 Å². The summed E-state index contributed by atoms with van der Waals surface area (Å²) >= 11 is 0. The Bertz CT molecular complexity index is 101. The van der Waals surface area contributed by atoms with Gasteiger partial charge in [0.15, 0.2) is 0 Å². The molecule has 1 unspecified atom stereocenters. The molecular formula is C11H22. The Morgan fingerprint density at radius 2 is 1.73 bits per heavy atom. The molecule has 1 atom stereocenters. The number of hydrogen-bond donors (Lipinski definition) is 0. The van der Waals surface area contributed by atoms with E-state index in [2.05, 4.69) is 39.8 Å². The number of allylic oxidation sites excluding steroid dienone is 2. The van der Waals surface area contributed by atoms with Gasteiger partial charge in [0.1, 0.15) is 0 Å². The first kappa shape index (κ1) is 10.7. The third-order valence-electron chi connectivity index (χ3n) is 1.95. The van der Waals surface area contributed by atoms with E-state index in [0.29, 0.717) is 5.92 Å². The van der Waals surface area contributed by atoms with Crippen molar-refractivity contribution in [2.45, 2.75) is 47.0 Å². The molecule has 0 radical (unpaired) electrons. The molecule has 0 aromatic rings. The van der Waals surface area contributed by atoms with E-state index < -0.39 is 0 Å². The van der Waals surface area contributed by atoms with Gasteiger partial charge in [0, 0.05) is 0 Å². The van der Waals surface area contributed by atoms with Gasteiger partial charge in [-0.05, 0) is 24.7 Å². The summed E-state index contributed by atoms with van der Waals surface area (Å²) in [7, 11) is 0. The topological polar surface area (TPSA) is 0 Å². The lowest BCUT2D eigenvalue weighted by molar-refractivity contribution is 0.559. The zero-order valence-electron chi connectivity index (χ0n) is 8.43. The molecule has 0 aliphatic carbocycles. The van der Waals surface area contributed by atoms with Gasteiger partial charge in [0.2, 0.25) is 0 Å². The van der Waals surface area contributed by atoms with Gasteiger partial charge in [-0.3, -0.25) is 0 Å². The minimum atomic E-state index is 0.709. The molecule has 0 heterocycles. The smallest absolute Gasteiger partial charge is 0.0236 e. The van der Waals surface area contributed by atoms with E-state index >= 15 is 0 Å². The second-order valence-electron chi connectivity index (χ2n) is 3.59. The van der Waals surface area contributed by atoms with E-state index in [1.54, 1.807) is 0 Å². The number of rotatable bonds is 5. The van der Waals surface area contributed by atoms with E-state index in [-0.39, 0.29) is 0 Å². The van der Waals surface area contributed by atoms with Crippen LogP contribution in [0.15, 0.2) is 12.2 Å². The third kappa shape index (κ3) is 6.15. The van der Waals surface area contributed by atoms with Gasteiger partial charge < -0.3 is 0 Å². The summed E-state index contributed by atoms with van der Waals surface area (Å²) in [6.07, 6.45) is 8.65. The molecule has 0 spiro atoms. The van der Waals surface area contributed by atoms with Crippen molar-refractivity contribution in [1.29, 1.82) is 0 Å². The Hall–Kier alpha value is -0.260. The van der Waals surface area contributed by atoms with Crippen LogP contribution in [-0.4, -0.2) is 0 Å². The maximum absolute atomic E-state index is 2.38. The predicted molar refractivity (Wildman–Crippen MR) is 52.7 cm³/mol. The van der Waals surface area contributed by atoms with Crippen molar-refractivity contribution in [2.75, 3.05) is 0 Å². The van der Waals surface area contributed by atoms with Crippen LogP contribution < -0.4 is 0 Å². The molecule has 66 valence electrons. The average molecular weight is 154 g/mol. The van der Waals surface area contributed by atoms with Crippen molar-refractivity contribution in [2.24, 2.45) is 11.8 Å². The molecule has 0 rings (SSSR count). The van der Waals surface area contributed by atoms with Crippen LogP contribution >= 0.6 is 0 Å². The lowest BCUT2D eigenvalue weighted by Crippen LogP contribution is -1.93. The van der Waals surface area contributed by atoms with Gasteiger partial charge in [0.25, 0.3) is 0 Å². The Labute approximate surface area is 71.7 Å². The molecule has 0 aliphatic rings.